The Balaban J connectivity index is 0.00000261. The lowest BCUT2D eigenvalue weighted by atomic mass is 9.98. The van der Waals surface area contributed by atoms with E-state index in [9.17, 15) is 17.2 Å². The van der Waals surface area contributed by atoms with Gasteiger partial charge in [0.1, 0.15) is 0 Å². The van der Waals surface area contributed by atoms with E-state index in [1.165, 1.54) is 17.5 Å². The van der Waals surface area contributed by atoms with Gasteiger partial charge in [-0.25, -0.2) is 8.42 Å². The van der Waals surface area contributed by atoms with E-state index in [1.807, 2.05) is 6.07 Å². The molecular formula is C17H25F2IN4O2S. The van der Waals surface area contributed by atoms with Crippen LogP contribution in [0.4, 0.5) is 14.5 Å². The molecule has 1 aromatic rings. The standard InChI is InChI=1S/C17H24F2N4O2S.HI/c18-16(19)26(24,25)23-8-6-12(7-9-23)11-21-17(20)22-15-5-4-13-2-1-3-14(13)10-15;/h4-5,10,12,16H,1-3,6-9,11H2,(H3,20,21,22);1H. The maximum absolute atomic E-state index is 12.6. The number of anilines is 1. The molecule has 0 aromatic heterocycles. The molecule has 6 nitrogen and oxygen atoms in total. The third-order valence-corrected chi connectivity index (χ3v) is 6.58. The van der Waals surface area contributed by atoms with Gasteiger partial charge in [0.25, 0.3) is 10.0 Å². The SMILES string of the molecule is I.NC(=NCC1CCN(S(=O)(=O)C(F)F)CC1)Nc1ccc2c(c1)CCC2. The summed E-state index contributed by atoms with van der Waals surface area (Å²) in [7, 11) is -4.47. The zero-order valence-electron chi connectivity index (χ0n) is 14.9. The summed E-state index contributed by atoms with van der Waals surface area (Å²) >= 11 is 0. The highest BCUT2D eigenvalue weighted by Gasteiger charge is 2.34. The van der Waals surface area contributed by atoms with E-state index in [0.29, 0.717) is 25.3 Å². The molecule has 0 bridgehead atoms. The highest BCUT2D eigenvalue weighted by molar-refractivity contribution is 14.0. The predicted octanol–water partition coefficient (Wildman–Crippen LogP) is 2.78. The summed E-state index contributed by atoms with van der Waals surface area (Å²) in [5.41, 5.74) is 9.57. The molecule has 1 aromatic carbocycles. The van der Waals surface area contributed by atoms with Gasteiger partial charge in [-0.3, -0.25) is 4.99 Å². The third kappa shape index (κ3) is 5.50. The van der Waals surface area contributed by atoms with Crippen LogP contribution in [0.2, 0.25) is 0 Å². The van der Waals surface area contributed by atoms with Crippen LogP contribution < -0.4 is 11.1 Å². The number of sulfonamides is 1. The molecule has 0 amide bonds. The Labute approximate surface area is 175 Å². The molecule has 3 rings (SSSR count). The Kier molecular flexibility index (Phi) is 7.81. The first-order valence-electron chi connectivity index (χ1n) is 8.82. The molecule has 0 unspecified atom stereocenters. The fourth-order valence-corrected chi connectivity index (χ4v) is 4.47. The highest BCUT2D eigenvalue weighted by Crippen LogP contribution is 2.25. The number of hydrogen-bond acceptors (Lipinski definition) is 3. The summed E-state index contributed by atoms with van der Waals surface area (Å²) in [6.07, 6.45) is 4.40. The Morgan fingerprint density at radius 1 is 1.26 bits per heavy atom. The Morgan fingerprint density at radius 2 is 1.93 bits per heavy atom. The van der Waals surface area contributed by atoms with E-state index in [0.717, 1.165) is 22.8 Å². The van der Waals surface area contributed by atoms with Crippen molar-refractivity contribution in [3.8, 4) is 0 Å². The van der Waals surface area contributed by atoms with Crippen LogP contribution >= 0.6 is 24.0 Å². The third-order valence-electron chi connectivity index (χ3n) is 5.05. The number of nitrogens with zero attached hydrogens (tertiary/aromatic N) is 2. The molecule has 10 heteroatoms. The molecule has 0 atom stereocenters. The molecule has 0 spiro atoms. The van der Waals surface area contributed by atoms with Gasteiger partial charge in [0.2, 0.25) is 0 Å². The smallest absolute Gasteiger partial charge is 0.350 e. The van der Waals surface area contributed by atoms with Crippen molar-refractivity contribution in [1.82, 2.24) is 4.31 Å². The van der Waals surface area contributed by atoms with Crippen molar-refractivity contribution in [2.45, 2.75) is 37.9 Å². The second-order valence-corrected chi connectivity index (χ2v) is 8.74. The molecule has 1 fully saturated rings. The Hall–Kier alpha value is -1.01. The number of nitrogens with two attached hydrogens (primary N) is 1. The molecule has 3 N–H and O–H groups in total. The summed E-state index contributed by atoms with van der Waals surface area (Å²) in [5, 5.41) is 3.08. The van der Waals surface area contributed by atoms with E-state index in [4.69, 9.17) is 5.73 Å². The van der Waals surface area contributed by atoms with E-state index in [-0.39, 0.29) is 43.0 Å². The normalized spacial score (nSPS) is 19.0. The van der Waals surface area contributed by atoms with Crippen molar-refractivity contribution in [2.24, 2.45) is 16.6 Å². The van der Waals surface area contributed by atoms with Crippen LogP contribution in [0, 0.1) is 5.92 Å². The van der Waals surface area contributed by atoms with Gasteiger partial charge < -0.3 is 11.1 Å². The summed E-state index contributed by atoms with van der Waals surface area (Å²) < 4.78 is 48.9. The number of fused-ring (bicyclic) bond motifs is 1. The van der Waals surface area contributed by atoms with Gasteiger partial charge in [-0.15, -0.1) is 24.0 Å². The largest absolute Gasteiger partial charge is 0.370 e. The number of nitrogens with one attached hydrogen (secondary N) is 1. The number of hydrogen-bond donors (Lipinski definition) is 2. The topological polar surface area (TPSA) is 87.8 Å². The van der Waals surface area contributed by atoms with Crippen LogP contribution in [0.5, 0.6) is 0 Å². The fraction of sp³-hybridized carbons (Fsp3) is 0.588. The molecule has 1 aliphatic carbocycles. The molecule has 2 aliphatic rings. The average Bonchev–Trinajstić information content (AvgIpc) is 3.08. The van der Waals surface area contributed by atoms with Crippen molar-refractivity contribution >= 4 is 45.6 Å². The number of aliphatic imine (C=N–C) groups is 1. The van der Waals surface area contributed by atoms with Crippen LogP contribution in [0.3, 0.4) is 0 Å². The van der Waals surface area contributed by atoms with Gasteiger partial charge in [0, 0.05) is 25.3 Å². The highest BCUT2D eigenvalue weighted by atomic mass is 127. The molecule has 152 valence electrons. The number of guanidine groups is 1. The minimum Gasteiger partial charge on any atom is -0.370 e. The maximum atomic E-state index is 12.6. The quantitative estimate of drug-likeness (QED) is 0.360. The average molecular weight is 514 g/mol. The van der Waals surface area contributed by atoms with E-state index >= 15 is 0 Å². The zero-order valence-corrected chi connectivity index (χ0v) is 18.1. The fourth-order valence-electron chi connectivity index (χ4n) is 3.52. The second-order valence-electron chi connectivity index (χ2n) is 6.84. The maximum Gasteiger partial charge on any atom is 0.350 e. The van der Waals surface area contributed by atoms with Crippen LogP contribution in [-0.2, 0) is 22.9 Å². The first kappa shape index (κ1) is 22.3. The minimum absolute atomic E-state index is 0. The Bertz CT molecular complexity index is 781. The van der Waals surface area contributed by atoms with Gasteiger partial charge in [-0.2, -0.15) is 13.1 Å². The van der Waals surface area contributed by atoms with Gasteiger partial charge >= 0.3 is 5.76 Å². The van der Waals surface area contributed by atoms with Crippen molar-refractivity contribution in [1.29, 1.82) is 0 Å². The summed E-state index contributed by atoms with van der Waals surface area (Å²) in [5.74, 6) is -2.91. The van der Waals surface area contributed by atoms with E-state index in [2.05, 4.69) is 22.4 Å². The Morgan fingerprint density at radius 3 is 2.59 bits per heavy atom. The predicted molar refractivity (Wildman–Crippen MR) is 113 cm³/mol. The van der Waals surface area contributed by atoms with Crippen LogP contribution in [0.15, 0.2) is 23.2 Å². The van der Waals surface area contributed by atoms with Crippen LogP contribution in [0.1, 0.15) is 30.4 Å². The first-order chi connectivity index (χ1) is 12.4. The summed E-state index contributed by atoms with van der Waals surface area (Å²) in [6, 6.07) is 6.19. The summed E-state index contributed by atoms with van der Waals surface area (Å²) in [4.78, 5) is 4.33. The number of alkyl halides is 2. The number of aryl methyl sites for hydroxylation is 2. The lowest BCUT2D eigenvalue weighted by Crippen LogP contribution is -2.41. The molecular weight excluding hydrogens is 489 g/mol. The van der Waals surface area contributed by atoms with Crippen molar-refractivity contribution in [3.63, 3.8) is 0 Å². The van der Waals surface area contributed by atoms with Gasteiger partial charge in [0.05, 0.1) is 0 Å². The van der Waals surface area contributed by atoms with Crippen molar-refractivity contribution < 1.29 is 17.2 Å². The molecule has 0 radical (unpaired) electrons. The van der Waals surface area contributed by atoms with Crippen molar-refractivity contribution in [3.05, 3.63) is 29.3 Å². The monoisotopic (exact) mass is 514 g/mol. The molecule has 0 saturated carbocycles. The van der Waals surface area contributed by atoms with E-state index < -0.39 is 15.8 Å². The first-order valence-corrected chi connectivity index (χ1v) is 10.3. The van der Waals surface area contributed by atoms with Gasteiger partial charge in [-0.1, -0.05) is 6.07 Å². The number of rotatable bonds is 5. The molecule has 1 aliphatic heterocycles. The van der Waals surface area contributed by atoms with Crippen LogP contribution in [0.25, 0.3) is 0 Å². The summed E-state index contributed by atoms with van der Waals surface area (Å²) in [6.45, 7) is 0.655. The lowest BCUT2D eigenvalue weighted by Gasteiger charge is -2.30. The number of piperidine rings is 1. The second kappa shape index (κ2) is 9.46. The molecule has 1 heterocycles. The molecule has 27 heavy (non-hydrogen) atoms. The lowest BCUT2D eigenvalue weighted by molar-refractivity contribution is 0.205. The number of halogens is 3. The zero-order chi connectivity index (χ0) is 18.7. The van der Waals surface area contributed by atoms with Gasteiger partial charge in [-0.05, 0) is 61.3 Å². The number of benzene rings is 1. The molecule has 1 saturated heterocycles. The minimum atomic E-state index is -4.47. The van der Waals surface area contributed by atoms with Crippen LogP contribution in [-0.4, -0.2) is 44.1 Å². The van der Waals surface area contributed by atoms with E-state index in [1.54, 1.807) is 0 Å². The van der Waals surface area contributed by atoms with Gasteiger partial charge in [0.15, 0.2) is 5.96 Å². The van der Waals surface area contributed by atoms with Crippen molar-refractivity contribution in [2.75, 3.05) is 25.0 Å².